The second-order valence-electron chi connectivity index (χ2n) is 7.68. The zero-order valence-corrected chi connectivity index (χ0v) is 18.4. The first-order valence-corrected chi connectivity index (χ1v) is 11.3. The van der Waals surface area contributed by atoms with E-state index in [1.807, 2.05) is 37.3 Å². The van der Waals surface area contributed by atoms with Crippen LogP contribution in [0.1, 0.15) is 15.9 Å². The Hall–Kier alpha value is -3.91. The van der Waals surface area contributed by atoms with Gasteiger partial charge in [0, 0.05) is 22.3 Å². The number of rotatable bonds is 4. The van der Waals surface area contributed by atoms with Gasteiger partial charge in [0.15, 0.2) is 0 Å². The van der Waals surface area contributed by atoms with Crippen molar-refractivity contribution in [3.8, 4) is 16.9 Å². The maximum atomic E-state index is 13.4. The van der Waals surface area contributed by atoms with Crippen molar-refractivity contribution in [1.29, 1.82) is 0 Å². The average molecular weight is 459 g/mol. The molecule has 2 N–H and O–H groups in total. The lowest BCUT2D eigenvalue weighted by Gasteiger charge is -2.17. The Bertz CT molecular complexity index is 1360. The Balaban J connectivity index is 1.51. The number of hydrogen-bond acceptors (Lipinski definition) is 4. The molecule has 0 fully saturated rings. The van der Waals surface area contributed by atoms with E-state index >= 15 is 0 Å². The second kappa shape index (κ2) is 8.55. The van der Waals surface area contributed by atoms with Crippen molar-refractivity contribution in [3.63, 3.8) is 0 Å². The zero-order valence-electron chi connectivity index (χ0n) is 17.6. The number of nitrogens with zero attached hydrogens (tertiary/aromatic N) is 2. The molecule has 0 unspecified atom stereocenters. The molecule has 164 valence electrons. The lowest BCUT2D eigenvalue weighted by molar-refractivity contribution is -0.113. The summed E-state index contributed by atoms with van der Waals surface area (Å²) in [4.78, 5) is 26.0. The molecule has 0 saturated heterocycles. The summed E-state index contributed by atoms with van der Waals surface area (Å²) < 4.78 is 14.9. The Morgan fingerprint density at radius 1 is 1.09 bits per heavy atom. The molecule has 0 radical (unpaired) electrons. The zero-order chi connectivity index (χ0) is 22.9. The van der Waals surface area contributed by atoms with Crippen LogP contribution in [-0.2, 0) is 4.79 Å². The topological polar surface area (TPSA) is 76.0 Å². The van der Waals surface area contributed by atoms with E-state index in [1.165, 1.54) is 23.9 Å². The summed E-state index contributed by atoms with van der Waals surface area (Å²) in [6.07, 6.45) is 1.63. The third kappa shape index (κ3) is 4.38. The number of nitrogens with one attached hydrogen (secondary N) is 2. The van der Waals surface area contributed by atoms with E-state index in [0.29, 0.717) is 34.1 Å². The van der Waals surface area contributed by atoms with Crippen molar-refractivity contribution >= 4 is 35.0 Å². The number of carbonyl (C=O) groups is 2. The number of hydrogen-bond donors (Lipinski definition) is 2. The minimum Gasteiger partial charge on any atom is -0.324 e. The molecule has 0 atom stereocenters. The van der Waals surface area contributed by atoms with Gasteiger partial charge in [0.1, 0.15) is 11.5 Å². The number of aryl methyl sites for hydroxylation is 1. The Morgan fingerprint density at radius 3 is 2.61 bits per heavy atom. The van der Waals surface area contributed by atoms with Crippen LogP contribution >= 0.6 is 11.8 Å². The van der Waals surface area contributed by atoms with Gasteiger partial charge in [0.25, 0.3) is 5.91 Å². The highest BCUT2D eigenvalue weighted by Gasteiger charge is 2.20. The van der Waals surface area contributed by atoms with Crippen molar-refractivity contribution in [2.24, 2.45) is 0 Å². The molecule has 0 aliphatic carbocycles. The minimum absolute atomic E-state index is 0.0711. The van der Waals surface area contributed by atoms with E-state index in [1.54, 1.807) is 35.1 Å². The molecule has 1 aliphatic heterocycles. The lowest BCUT2D eigenvalue weighted by atomic mass is 10.1. The lowest BCUT2D eigenvalue weighted by Crippen LogP contribution is -2.19. The minimum atomic E-state index is -0.347. The van der Waals surface area contributed by atoms with Crippen molar-refractivity contribution in [1.82, 2.24) is 9.78 Å². The summed E-state index contributed by atoms with van der Waals surface area (Å²) in [5.74, 6) is -0.381. The molecule has 0 spiro atoms. The van der Waals surface area contributed by atoms with Gasteiger partial charge in [0.2, 0.25) is 5.91 Å². The van der Waals surface area contributed by atoms with Crippen LogP contribution in [0.25, 0.3) is 16.9 Å². The summed E-state index contributed by atoms with van der Waals surface area (Å²) in [6, 6.07) is 19.1. The number of benzene rings is 3. The summed E-state index contributed by atoms with van der Waals surface area (Å²) in [5, 5.41) is 10.4. The van der Waals surface area contributed by atoms with Gasteiger partial charge in [-0.2, -0.15) is 5.10 Å². The quantitative estimate of drug-likeness (QED) is 0.436. The highest BCUT2D eigenvalue weighted by atomic mass is 32.2. The maximum absolute atomic E-state index is 13.4. The highest BCUT2D eigenvalue weighted by molar-refractivity contribution is 8.00. The third-order valence-corrected chi connectivity index (χ3v) is 6.32. The van der Waals surface area contributed by atoms with E-state index < -0.39 is 0 Å². The molecule has 33 heavy (non-hydrogen) atoms. The third-order valence-electron chi connectivity index (χ3n) is 5.25. The van der Waals surface area contributed by atoms with Crippen LogP contribution in [0.4, 0.5) is 15.8 Å². The fourth-order valence-electron chi connectivity index (χ4n) is 3.55. The van der Waals surface area contributed by atoms with Crippen molar-refractivity contribution in [2.45, 2.75) is 11.8 Å². The van der Waals surface area contributed by atoms with Crippen LogP contribution in [0.3, 0.4) is 0 Å². The van der Waals surface area contributed by atoms with Gasteiger partial charge in [-0.1, -0.05) is 29.8 Å². The van der Waals surface area contributed by atoms with Gasteiger partial charge in [-0.25, -0.2) is 9.07 Å². The van der Waals surface area contributed by atoms with Crippen molar-refractivity contribution in [3.05, 3.63) is 89.9 Å². The fraction of sp³-hybridized carbons (Fsp3) is 0.0800. The molecule has 0 saturated carbocycles. The average Bonchev–Trinajstić information content (AvgIpc) is 3.25. The molecule has 2 heterocycles. The normalized spacial score (nSPS) is 12.7. The van der Waals surface area contributed by atoms with Gasteiger partial charge in [-0.15, -0.1) is 11.8 Å². The number of fused-ring (bicyclic) bond motifs is 1. The number of anilines is 2. The molecule has 5 rings (SSSR count). The molecule has 4 aromatic rings. The Morgan fingerprint density at radius 2 is 1.85 bits per heavy atom. The van der Waals surface area contributed by atoms with Crippen LogP contribution in [-0.4, -0.2) is 27.3 Å². The predicted molar refractivity (Wildman–Crippen MR) is 127 cm³/mol. The molecule has 1 aliphatic rings. The number of aromatic nitrogens is 2. The molecular weight excluding hydrogens is 439 g/mol. The maximum Gasteiger partial charge on any atom is 0.259 e. The summed E-state index contributed by atoms with van der Waals surface area (Å²) in [7, 11) is 0. The smallest absolute Gasteiger partial charge is 0.259 e. The monoisotopic (exact) mass is 458 g/mol. The van der Waals surface area contributed by atoms with E-state index in [9.17, 15) is 14.0 Å². The molecule has 3 aromatic carbocycles. The van der Waals surface area contributed by atoms with Crippen LogP contribution in [0.15, 0.2) is 77.8 Å². The molecule has 0 bridgehead atoms. The standard InChI is InChI=1S/C25H19FN4O2S/c1-15-2-4-16(5-3-15)24-20(13-30(29-24)19-9-6-17(26)7-10-19)25(32)27-18-8-11-22-21(12-18)28-23(31)14-33-22/h2-13H,14H2,1H3,(H,27,32)(H,28,31). The summed E-state index contributed by atoms with van der Waals surface area (Å²) in [5.41, 5.74) is 4.65. The van der Waals surface area contributed by atoms with Crippen LogP contribution in [0.2, 0.25) is 0 Å². The molecule has 2 amide bonds. The first-order valence-electron chi connectivity index (χ1n) is 10.3. The van der Waals surface area contributed by atoms with Gasteiger partial charge in [-0.05, 0) is 49.4 Å². The number of thioether (sulfide) groups is 1. The second-order valence-corrected chi connectivity index (χ2v) is 8.70. The fourth-order valence-corrected chi connectivity index (χ4v) is 4.34. The molecule has 6 nitrogen and oxygen atoms in total. The Labute approximate surface area is 193 Å². The van der Waals surface area contributed by atoms with Crippen LogP contribution in [0.5, 0.6) is 0 Å². The van der Waals surface area contributed by atoms with Crippen LogP contribution < -0.4 is 10.6 Å². The number of carbonyl (C=O) groups excluding carboxylic acids is 2. The number of amides is 2. The van der Waals surface area contributed by atoms with Gasteiger partial charge >= 0.3 is 0 Å². The van der Waals surface area contributed by atoms with Crippen molar-refractivity contribution < 1.29 is 14.0 Å². The predicted octanol–water partition coefficient (Wildman–Crippen LogP) is 5.28. The first-order chi connectivity index (χ1) is 16.0. The van der Waals surface area contributed by atoms with E-state index in [2.05, 4.69) is 15.7 Å². The van der Waals surface area contributed by atoms with E-state index in [4.69, 9.17) is 0 Å². The summed E-state index contributed by atoms with van der Waals surface area (Å²) >= 11 is 1.46. The molecular formula is C25H19FN4O2S. The summed E-state index contributed by atoms with van der Waals surface area (Å²) in [6.45, 7) is 1.99. The number of halogens is 1. The SMILES string of the molecule is Cc1ccc(-c2nn(-c3ccc(F)cc3)cc2C(=O)Nc2ccc3c(c2)NC(=O)CS3)cc1. The Kier molecular flexibility index (Phi) is 5.43. The van der Waals surface area contributed by atoms with E-state index in [-0.39, 0.29) is 17.6 Å². The van der Waals surface area contributed by atoms with Crippen LogP contribution in [0, 0.1) is 12.7 Å². The first kappa shape index (κ1) is 21.0. The largest absolute Gasteiger partial charge is 0.324 e. The van der Waals surface area contributed by atoms with E-state index in [0.717, 1.165) is 16.0 Å². The van der Waals surface area contributed by atoms with Gasteiger partial charge in [-0.3, -0.25) is 9.59 Å². The van der Waals surface area contributed by atoms with Gasteiger partial charge < -0.3 is 10.6 Å². The van der Waals surface area contributed by atoms with Crippen molar-refractivity contribution in [2.75, 3.05) is 16.4 Å². The highest BCUT2D eigenvalue weighted by Crippen LogP contribution is 2.34. The molecule has 1 aromatic heterocycles. The van der Waals surface area contributed by atoms with Gasteiger partial charge in [0.05, 0.1) is 22.7 Å². The molecule has 8 heteroatoms.